The molecule has 5 heteroatoms. The second-order valence-electron chi connectivity index (χ2n) is 6.35. The van der Waals surface area contributed by atoms with Gasteiger partial charge in [0.2, 0.25) is 0 Å². The predicted octanol–water partition coefficient (Wildman–Crippen LogP) is 1.29. The molecule has 1 aromatic carbocycles. The lowest BCUT2D eigenvalue weighted by Crippen LogP contribution is -2.44. The van der Waals surface area contributed by atoms with Crippen LogP contribution in [-0.2, 0) is 4.74 Å². The maximum Gasteiger partial charge on any atom is 0.191 e. The lowest BCUT2D eigenvalue weighted by molar-refractivity contribution is 0.0389. The van der Waals surface area contributed by atoms with E-state index < -0.39 is 0 Å². The normalized spacial score (nSPS) is 25.2. The van der Waals surface area contributed by atoms with Crippen LogP contribution in [0.15, 0.2) is 35.3 Å². The fourth-order valence-corrected chi connectivity index (χ4v) is 3.19. The minimum atomic E-state index is 0.718. The van der Waals surface area contributed by atoms with E-state index in [2.05, 4.69) is 50.9 Å². The summed E-state index contributed by atoms with van der Waals surface area (Å²) in [6.45, 7) is 6.75. The van der Waals surface area contributed by atoms with Crippen LogP contribution in [0.3, 0.4) is 0 Å². The first-order valence-electron chi connectivity index (χ1n) is 8.66. The summed E-state index contributed by atoms with van der Waals surface area (Å²) in [5, 5.41) is 6.88. The van der Waals surface area contributed by atoms with Gasteiger partial charge in [0.15, 0.2) is 5.96 Å². The van der Waals surface area contributed by atoms with Crippen LogP contribution in [0.2, 0.25) is 0 Å². The van der Waals surface area contributed by atoms with Gasteiger partial charge >= 0.3 is 0 Å². The number of guanidine groups is 1. The van der Waals surface area contributed by atoms with Crippen molar-refractivity contribution < 1.29 is 4.74 Å². The highest BCUT2D eigenvalue weighted by Gasteiger charge is 2.37. The van der Waals surface area contributed by atoms with E-state index in [0.717, 1.165) is 63.7 Å². The second-order valence-corrected chi connectivity index (χ2v) is 6.35. The summed E-state index contributed by atoms with van der Waals surface area (Å²) < 4.78 is 5.37. The summed E-state index contributed by atoms with van der Waals surface area (Å²) >= 11 is 0. The molecule has 1 heterocycles. The smallest absolute Gasteiger partial charge is 0.191 e. The van der Waals surface area contributed by atoms with Gasteiger partial charge in [-0.1, -0.05) is 30.3 Å². The van der Waals surface area contributed by atoms with Crippen LogP contribution in [0, 0.1) is 5.92 Å². The number of nitrogens with zero attached hydrogens (tertiary/aromatic N) is 2. The number of hydrogen-bond donors (Lipinski definition) is 2. The number of aliphatic imine (C=N–C) groups is 1. The van der Waals surface area contributed by atoms with Gasteiger partial charge in [-0.25, -0.2) is 0 Å². The van der Waals surface area contributed by atoms with Gasteiger partial charge in [-0.2, -0.15) is 0 Å². The van der Waals surface area contributed by atoms with Crippen molar-refractivity contribution in [1.29, 1.82) is 0 Å². The van der Waals surface area contributed by atoms with Crippen molar-refractivity contribution in [3.05, 3.63) is 35.9 Å². The Kier molecular flexibility index (Phi) is 5.88. The topological polar surface area (TPSA) is 48.9 Å². The van der Waals surface area contributed by atoms with E-state index in [1.807, 2.05) is 7.05 Å². The summed E-state index contributed by atoms with van der Waals surface area (Å²) in [6.07, 6.45) is 1.28. The van der Waals surface area contributed by atoms with Crippen molar-refractivity contribution in [2.24, 2.45) is 10.9 Å². The predicted molar refractivity (Wildman–Crippen MR) is 93.9 cm³/mol. The zero-order valence-corrected chi connectivity index (χ0v) is 14.0. The van der Waals surface area contributed by atoms with E-state index in [4.69, 9.17) is 4.74 Å². The first kappa shape index (κ1) is 16.3. The molecule has 2 N–H and O–H groups in total. The fraction of sp³-hybridized carbons (Fsp3) is 0.611. The average molecular weight is 316 g/mol. The molecule has 2 fully saturated rings. The Morgan fingerprint density at radius 3 is 2.74 bits per heavy atom. The molecule has 2 aliphatic rings. The molecule has 5 nitrogen and oxygen atoms in total. The van der Waals surface area contributed by atoms with Crippen LogP contribution >= 0.6 is 0 Å². The molecule has 1 aliphatic heterocycles. The molecule has 3 rings (SSSR count). The zero-order chi connectivity index (χ0) is 15.9. The molecular weight excluding hydrogens is 288 g/mol. The summed E-state index contributed by atoms with van der Waals surface area (Å²) in [6, 6.07) is 10.8. The van der Waals surface area contributed by atoms with E-state index in [0.29, 0.717) is 0 Å². The summed E-state index contributed by atoms with van der Waals surface area (Å²) in [4.78, 5) is 6.75. The lowest BCUT2D eigenvalue weighted by Gasteiger charge is -2.26. The Labute approximate surface area is 139 Å². The Morgan fingerprint density at radius 2 is 2.00 bits per heavy atom. The van der Waals surface area contributed by atoms with Gasteiger partial charge < -0.3 is 15.4 Å². The van der Waals surface area contributed by atoms with Crippen molar-refractivity contribution in [3.63, 3.8) is 0 Å². The number of hydrogen-bond acceptors (Lipinski definition) is 3. The minimum Gasteiger partial charge on any atom is -0.379 e. The van der Waals surface area contributed by atoms with E-state index in [-0.39, 0.29) is 0 Å². The monoisotopic (exact) mass is 316 g/mol. The number of morpholine rings is 1. The molecule has 0 amide bonds. The molecule has 2 unspecified atom stereocenters. The van der Waals surface area contributed by atoms with Crippen molar-refractivity contribution >= 4 is 5.96 Å². The molecule has 0 spiro atoms. The SMILES string of the molecule is CN=C(NCCN1CCOCC1)NCC1CC1c1ccccc1. The first-order valence-corrected chi connectivity index (χ1v) is 8.66. The van der Waals surface area contributed by atoms with Crippen molar-refractivity contribution in [2.75, 3.05) is 53.0 Å². The maximum absolute atomic E-state index is 5.37. The molecule has 1 aliphatic carbocycles. The molecular formula is C18H28N4O. The number of rotatable bonds is 6. The summed E-state index contributed by atoms with van der Waals surface area (Å²) in [5.41, 5.74) is 1.47. The van der Waals surface area contributed by atoms with Crippen molar-refractivity contribution in [2.45, 2.75) is 12.3 Å². The van der Waals surface area contributed by atoms with Gasteiger partial charge in [-0.05, 0) is 23.8 Å². The Balaban J connectivity index is 1.32. The van der Waals surface area contributed by atoms with Gasteiger partial charge in [-0.15, -0.1) is 0 Å². The standard InChI is InChI=1S/C18H28N4O/c1-19-18(20-7-8-22-9-11-23-12-10-22)21-14-16-13-17(16)15-5-3-2-4-6-15/h2-6,16-17H,7-14H2,1H3,(H2,19,20,21). The minimum absolute atomic E-state index is 0.718. The van der Waals surface area contributed by atoms with Crippen LogP contribution in [0.4, 0.5) is 0 Å². The van der Waals surface area contributed by atoms with Gasteiger partial charge in [0.25, 0.3) is 0 Å². The quantitative estimate of drug-likeness (QED) is 0.613. The summed E-state index contributed by atoms with van der Waals surface area (Å²) in [7, 11) is 1.84. The molecule has 1 saturated carbocycles. The maximum atomic E-state index is 5.37. The van der Waals surface area contributed by atoms with Crippen molar-refractivity contribution in [3.8, 4) is 0 Å². The van der Waals surface area contributed by atoms with E-state index in [9.17, 15) is 0 Å². The fourth-order valence-electron chi connectivity index (χ4n) is 3.19. The highest BCUT2D eigenvalue weighted by Crippen LogP contribution is 2.46. The zero-order valence-electron chi connectivity index (χ0n) is 14.0. The van der Waals surface area contributed by atoms with Gasteiger partial charge in [-0.3, -0.25) is 9.89 Å². The third-order valence-corrected chi connectivity index (χ3v) is 4.73. The lowest BCUT2D eigenvalue weighted by atomic mass is 10.1. The van der Waals surface area contributed by atoms with Crippen LogP contribution < -0.4 is 10.6 Å². The van der Waals surface area contributed by atoms with Gasteiger partial charge in [0, 0.05) is 39.8 Å². The second kappa shape index (κ2) is 8.31. The Morgan fingerprint density at radius 1 is 1.22 bits per heavy atom. The van der Waals surface area contributed by atoms with Crippen LogP contribution in [0.5, 0.6) is 0 Å². The third-order valence-electron chi connectivity index (χ3n) is 4.73. The van der Waals surface area contributed by atoms with E-state index in [1.54, 1.807) is 0 Å². The molecule has 23 heavy (non-hydrogen) atoms. The molecule has 0 radical (unpaired) electrons. The molecule has 1 saturated heterocycles. The van der Waals surface area contributed by atoms with Crippen LogP contribution in [0.1, 0.15) is 17.9 Å². The van der Waals surface area contributed by atoms with Gasteiger partial charge in [0.05, 0.1) is 13.2 Å². The van der Waals surface area contributed by atoms with Crippen LogP contribution in [-0.4, -0.2) is 63.8 Å². The third kappa shape index (κ3) is 4.94. The highest BCUT2D eigenvalue weighted by atomic mass is 16.5. The van der Waals surface area contributed by atoms with E-state index >= 15 is 0 Å². The number of benzene rings is 1. The van der Waals surface area contributed by atoms with Crippen LogP contribution in [0.25, 0.3) is 0 Å². The molecule has 1 aromatic rings. The molecule has 126 valence electrons. The molecule has 0 aromatic heterocycles. The average Bonchev–Trinajstić information content (AvgIpc) is 3.39. The van der Waals surface area contributed by atoms with Gasteiger partial charge in [0.1, 0.15) is 0 Å². The first-order chi connectivity index (χ1) is 11.4. The number of nitrogens with one attached hydrogen (secondary N) is 2. The summed E-state index contributed by atoms with van der Waals surface area (Å²) in [5.74, 6) is 2.36. The number of ether oxygens (including phenoxy) is 1. The highest BCUT2D eigenvalue weighted by molar-refractivity contribution is 5.79. The molecule has 2 atom stereocenters. The molecule has 0 bridgehead atoms. The Bertz CT molecular complexity index is 499. The van der Waals surface area contributed by atoms with E-state index in [1.165, 1.54) is 12.0 Å². The van der Waals surface area contributed by atoms with Crippen molar-refractivity contribution in [1.82, 2.24) is 15.5 Å². The Hall–Kier alpha value is -1.59. The largest absolute Gasteiger partial charge is 0.379 e.